The Kier molecular flexibility index (Phi) is 5.90. The molecule has 1 aliphatic carbocycles. The summed E-state index contributed by atoms with van der Waals surface area (Å²) in [6.07, 6.45) is 4.22. The molecule has 2 heterocycles. The Morgan fingerprint density at radius 1 is 1.32 bits per heavy atom. The van der Waals surface area contributed by atoms with Gasteiger partial charge in [-0.25, -0.2) is 9.18 Å². The van der Waals surface area contributed by atoms with Gasteiger partial charge in [0, 0.05) is 25.1 Å². The molecule has 0 saturated carbocycles. The molecule has 2 aromatic heterocycles. The normalized spacial score (nSPS) is 14.7. The number of aromatic nitrogens is 2. The van der Waals surface area contributed by atoms with Gasteiger partial charge in [-0.3, -0.25) is 9.78 Å². The summed E-state index contributed by atoms with van der Waals surface area (Å²) in [5.74, 6) is -0.881. The van der Waals surface area contributed by atoms with Gasteiger partial charge in [0.25, 0.3) is 5.91 Å². The Morgan fingerprint density at radius 3 is 2.90 bits per heavy atom. The van der Waals surface area contributed by atoms with Crippen molar-refractivity contribution < 1.29 is 18.7 Å². The van der Waals surface area contributed by atoms with E-state index in [1.165, 1.54) is 18.2 Å². The molecule has 1 aliphatic rings. The van der Waals surface area contributed by atoms with E-state index in [-0.39, 0.29) is 23.6 Å². The summed E-state index contributed by atoms with van der Waals surface area (Å²) in [5.41, 5.74) is 3.28. The van der Waals surface area contributed by atoms with Crippen LogP contribution in [0.1, 0.15) is 39.8 Å². The Balaban J connectivity index is 1.43. The first-order valence-corrected chi connectivity index (χ1v) is 10.1. The average molecular weight is 443 g/mol. The summed E-state index contributed by atoms with van der Waals surface area (Å²) in [7, 11) is 1.77. The molecule has 0 bridgehead atoms. The summed E-state index contributed by atoms with van der Waals surface area (Å²) >= 11 is 5.79. The molecular formula is C22H20ClFN4O3. The van der Waals surface area contributed by atoms with Gasteiger partial charge in [0.1, 0.15) is 18.1 Å². The summed E-state index contributed by atoms with van der Waals surface area (Å²) < 4.78 is 20.3. The third-order valence-electron chi connectivity index (χ3n) is 5.14. The summed E-state index contributed by atoms with van der Waals surface area (Å²) in [6, 6.07) is 9.14. The second-order valence-corrected chi connectivity index (χ2v) is 7.65. The largest absolute Gasteiger partial charge is 0.443 e. The van der Waals surface area contributed by atoms with Crippen LogP contribution in [0.2, 0.25) is 5.02 Å². The summed E-state index contributed by atoms with van der Waals surface area (Å²) in [4.78, 5) is 29.2. The van der Waals surface area contributed by atoms with Gasteiger partial charge >= 0.3 is 6.09 Å². The minimum absolute atomic E-state index is 0.0663. The maximum absolute atomic E-state index is 13.4. The molecule has 0 radical (unpaired) electrons. The van der Waals surface area contributed by atoms with Crippen molar-refractivity contribution >= 4 is 29.3 Å². The van der Waals surface area contributed by atoms with Crippen LogP contribution in [0.15, 0.2) is 48.8 Å². The maximum atomic E-state index is 13.4. The quantitative estimate of drug-likeness (QED) is 0.614. The van der Waals surface area contributed by atoms with Crippen LogP contribution in [0.3, 0.4) is 0 Å². The van der Waals surface area contributed by atoms with Crippen molar-refractivity contribution in [1.82, 2.24) is 14.9 Å². The first-order valence-electron chi connectivity index (χ1n) is 9.70. The molecule has 1 atom stereocenters. The molecule has 31 heavy (non-hydrogen) atoms. The lowest BCUT2D eigenvalue weighted by atomic mass is 10.1. The Bertz CT molecular complexity index is 1130. The molecule has 160 valence electrons. The van der Waals surface area contributed by atoms with E-state index in [1.807, 2.05) is 12.3 Å². The fourth-order valence-corrected chi connectivity index (χ4v) is 3.91. The van der Waals surface area contributed by atoms with Crippen molar-refractivity contribution in [1.29, 1.82) is 0 Å². The molecule has 9 heteroatoms. The van der Waals surface area contributed by atoms with Crippen LogP contribution in [0.4, 0.5) is 14.9 Å². The third kappa shape index (κ3) is 4.54. The molecule has 0 fully saturated rings. The number of aryl methyl sites for hydroxylation is 1. The fraction of sp³-hybridized carbons (Fsp3) is 0.227. The maximum Gasteiger partial charge on any atom is 0.408 e. The van der Waals surface area contributed by atoms with Crippen LogP contribution in [-0.4, -0.2) is 21.6 Å². The number of hydrogen-bond acceptors (Lipinski definition) is 4. The van der Waals surface area contributed by atoms with Crippen molar-refractivity contribution in [2.24, 2.45) is 7.05 Å². The van der Waals surface area contributed by atoms with E-state index in [4.69, 9.17) is 16.3 Å². The highest BCUT2D eigenvalue weighted by Crippen LogP contribution is 2.35. The topological polar surface area (TPSA) is 85.2 Å². The number of carbonyl (C=O) groups excluding carboxylic acids is 2. The number of nitrogens with one attached hydrogen (secondary N) is 2. The lowest BCUT2D eigenvalue weighted by Gasteiger charge is -2.13. The molecule has 2 N–H and O–H groups in total. The minimum atomic E-state index is -0.553. The predicted octanol–water partition coefficient (Wildman–Crippen LogP) is 4.38. The van der Waals surface area contributed by atoms with Crippen molar-refractivity contribution in [3.05, 3.63) is 82.1 Å². The zero-order valence-electron chi connectivity index (χ0n) is 16.7. The van der Waals surface area contributed by atoms with Gasteiger partial charge in [-0.2, -0.15) is 0 Å². The van der Waals surface area contributed by atoms with Crippen molar-refractivity contribution in [3.8, 4) is 0 Å². The molecule has 7 nitrogen and oxygen atoms in total. The van der Waals surface area contributed by atoms with E-state index < -0.39 is 11.9 Å². The lowest BCUT2D eigenvalue weighted by Crippen LogP contribution is -2.27. The molecule has 4 rings (SSSR count). The molecule has 2 amide bonds. The molecule has 3 aromatic rings. The van der Waals surface area contributed by atoms with E-state index >= 15 is 0 Å². The Morgan fingerprint density at radius 2 is 2.16 bits per heavy atom. The Labute approximate surface area is 183 Å². The SMILES string of the molecule is Cn1cc2c(c1C(=O)Nc1ccc(F)c(Cl)c1)CCC2NC(=O)OCc1ccccn1. The number of benzene rings is 1. The number of nitrogens with zero attached hydrogens (tertiary/aromatic N) is 2. The van der Waals surface area contributed by atoms with E-state index in [1.54, 1.807) is 29.9 Å². The highest BCUT2D eigenvalue weighted by molar-refractivity contribution is 6.31. The van der Waals surface area contributed by atoms with Gasteiger partial charge in [-0.1, -0.05) is 17.7 Å². The predicted molar refractivity (Wildman–Crippen MR) is 113 cm³/mol. The standard InChI is InChI=1S/C22H20ClFN4O3/c1-28-11-16-15(20(28)21(29)26-13-5-7-18(24)17(23)10-13)6-8-19(16)27-22(30)31-12-14-4-2-3-9-25-14/h2-5,7,9-11,19H,6,8,12H2,1H3,(H,26,29)(H,27,30). The number of fused-ring (bicyclic) bond motifs is 1. The van der Waals surface area contributed by atoms with E-state index in [9.17, 15) is 14.0 Å². The number of carbonyl (C=O) groups is 2. The highest BCUT2D eigenvalue weighted by Gasteiger charge is 2.31. The van der Waals surface area contributed by atoms with Gasteiger partial charge in [-0.05, 0) is 54.3 Å². The molecule has 1 unspecified atom stereocenters. The molecule has 0 spiro atoms. The van der Waals surface area contributed by atoms with Gasteiger partial charge < -0.3 is 19.9 Å². The van der Waals surface area contributed by atoms with E-state index in [0.717, 1.165) is 11.1 Å². The average Bonchev–Trinajstić information content (AvgIpc) is 3.28. The molecule has 1 aromatic carbocycles. The number of ether oxygens (including phenoxy) is 1. The minimum Gasteiger partial charge on any atom is -0.443 e. The van der Waals surface area contributed by atoms with Crippen molar-refractivity contribution in [2.45, 2.75) is 25.5 Å². The number of anilines is 1. The van der Waals surface area contributed by atoms with Crippen LogP contribution in [-0.2, 0) is 24.8 Å². The second kappa shape index (κ2) is 8.77. The van der Waals surface area contributed by atoms with Crippen LogP contribution in [0.25, 0.3) is 0 Å². The summed E-state index contributed by atoms with van der Waals surface area (Å²) in [6.45, 7) is 0.0783. The van der Waals surface area contributed by atoms with Crippen molar-refractivity contribution in [2.75, 3.05) is 5.32 Å². The smallest absolute Gasteiger partial charge is 0.408 e. The highest BCUT2D eigenvalue weighted by atomic mass is 35.5. The van der Waals surface area contributed by atoms with Gasteiger partial charge in [0.05, 0.1) is 16.8 Å². The van der Waals surface area contributed by atoms with Gasteiger partial charge in [0.15, 0.2) is 0 Å². The number of alkyl carbamates (subject to hydrolysis) is 1. The summed E-state index contributed by atoms with van der Waals surface area (Å²) in [5, 5.41) is 5.54. The monoisotopic (exact) mass is 442 g/mol. The number of pyridine rings is 1. The van der Waals surface area contributed by atoms with Crippen LogP contribution in [0, 0.1) is 5.82 Å². The zero-order valence-corrected chi connectivity index (χ0v) is 17.4. The Hall–Kier alpha value is -3.39. The zero-order chi connectivity index (χ0) is 22.0. The first kappa shape index (κ1) is 20.9. The van der Waals surface area contributed by atoms with E-state index in [0.29, 0.717) is 29.9 Å². The number of halogens is 2. The first-order chi connectivity index (χ1) is 14.9. The van der Waals surface area contributed by atoms with Crippen molar-refractivity contribution in [3.63, 3.8) is 0 Å². The van der Waals surface area contributed by atoms with Crippen LogP contribution in [0.5, 0.6) is 0 Å². The van der Waals surface area contributed by atoms with Gasteiger partial charge in [-0.15, -0.1) is 0 Å². The molecule has 0 saturated heterocycles. The molecule has 0 aliphatic heterocycles. The number of hydrogen-bond donors (Lipinski definition) is 2. The molecular weight excluding hydrogens is 423 g/mol. The number of rotatable bonds is 5. The van der Waals surface area contributed by atoms with Crippen LogP contribution >= 0.6 is 11.6 Å². The second-order valence-electron chi connectivity index (χ2n) is 7.24. The third-order valence-corrected chi connectivity index (χ3v) is 5.43. The fourth-order valence-electron chi connectivity index (χ4n) is 3.73. The number of amides is 2. The van der Waals surface area contributed by atoms with E-state index in [2.05, 4.69) is 15.6 Å². The lowest BCUT2D eigenvalue weighted by molar-refractivity contribution is 0.101. The van der Waals surface area contributed by atoms with Gasteiger partial charge in [0.2, 0.25) is 0 Å². The van der Waals surface area contributed by atoms with Crippen LogP contribution < -0.4 is 10.6 Å².